The van der Waals surface area contributed by atoms with E-state index in [0.29, 0.717) is 28.3 Å². The van der Waals surface area contributed by atoms with Crippen LogP contribution >= 0.6 is 12.6 Å². The van der Waals surface area contributed by atoms with Crippen LogP contribution in [0.25, 0.3) is 0 Å². The van der Waals surface area contributed by atoms with Crippen LogP contribution in [0.15, 0.2) is 48.7 Å². The van der Waals surface area contributed by atoms with E-state index in [4.69, 9.17) is 21.6 Å². The summed E-state index contributed by atoms with van der Waals surface area (Å²) in [7, 11) is 1.65. The highest BCUT2D eigenvalue weighted by Gasteiger charge is 2.19. The molecule has 1 heterocycles. The number of nitrogens with two attached hydrogens (primary N) is 2. The Morgan fingerprint density at radius 1 is 1.21 bits per heavy atom. The molecular weight excluding hydrogens is 465 g/mol. The molecule has 3 rings (SSSR count). The molecule has 34 heavy (non-hydrogen) atoms. The summed E-state index contributed by atoms with van der Waals surface area (Å²) in [6, 6.07) is 13.0. The number of nitrogens with zero attached hydrogens (tertiary/aromatic N) is 2. The summed E-state index contributed by atoms with van der Waals surface area (Å²) in [4.78, 5) is 4.03. The quantitative estimate of drug-likeness (QED) is 0.188. The molecule has 11 heteroatoms. The SMILES string of the molecule is CNc1c(C#N)cnc(N)c1C(=N)c1ccc(N)c(OC(C)c2ccc(F)cc2)c1.FC(F)S. The molecule has 2 aromatic carbocycles. The molecule has 0 aliphatic carbocycles. The predicted molar refractivity (Wildman–Crippen MR) is 130 cm³/mol. The first-order valence-electron chi connectivity index (χ1n) is 9.82. The summed E-state index contributed by atoms with van der Waals surface area (Å²) < 4.78 is 39.5. The second kappa shape index (κ2) is 11.8. The molecule has 0 saturated carbocycles. The molecule has 0 amide bonds. The number of alkyl halides is 2. The lowest BCUT2D eigenvalue weighted by Crippen LogP contribution is -2.13. The van der Waals surface area contributed by atoms with Gasteiger partial charge in [-0.1, -0.05) is 18.2 Å². The topological polar surface area (TPSA) is 134 Å². The first kappa shape index (κ1) is 26.3. The molecule has 0 spiro atoms. The van der Waals surface area contributed by atoms with Crippen molar-refractivity contribution in [2.45, 2.75) is 18.8 Å². The summed E-state index contributed by atoms with van der Waals surface area (Å²) in [5.74, 6) is -2.29. The van der Waals surface area contributed by atoms with Gasteiger partial charge in [0.2, 0.25) is 0 Å². The fourth-order valence-corrected chi connectivity index (χ4v) is 3.05. The van der Waals surface area contributed by atoms with E-state index >= 15 is 0 Å². The molecule has 0 radical (unpaired) electrons. The number of thiol groups is 1. The van der Waals surface area contributed by atoms with Gasteiger partial charge in [0.05, 0.1) is 28.2 Å². The van der Waals surface area contributed by atoms with Crippen LogP contribution in [0.1, 0.15) is 35.3 Å². The van der Waals surface area contributed by atoms with E-state index in [0.717, 1.165) is 5.56 Å². The third kappa shape index (κ3) is 6.55. The Labute approximate surface area is 200 Å². The number of aromatic nitrogens is 1. The number of hydrogen-bond donors (Lipinski definition) is 5. The second-order valence-corrected chi connectivity index (χ2v) is 7.28. The molecule has 1 atom stereocenters. The zero-order valence-corrected chi connectivity index (χ0v) is 19.2. The molecule has 0 bridgehead atoms. The van der Waals surface area contributed by atoms with Crippen molar-refractivity contribution in [1.29, 1.82) is 10.7 Å². The summed E-state index contributed by atoms with van der Waals surface area (Å²) >= 11 is 2.63. The van der Waals surface area contributed by atoms with Gasteiger partial charge >= 0.3 is 0 Å². The minimum atomic E-state index is -2.47. The number of anilines is 3. The highest BCUT2D eigenvalue weighted by Crippen LogP contribution is 2.32. The van der Waals surface area contributed by atoms with Crippen molar-refractivity contribution in [3.8, 4) is 11.8 Å². The van der Waals surface area contributed by atoms with Crippen molar-refractivity contribution >= 4 is 35.5 Å². The van der Waals surface area contributed by atoms with Crippen molar-refractivity contribution in [2.75, 3.05) is 23.8 Å². The van der Waals surface area contributed by atoms with E-state index in [1.165, 1.54) is 18.3 Å². The van der Waals surface area contributed by atoms with Gasteiger partial charge in [-0.05, 0) is 36.8 Å². The van der Waals surface area contributed by atoms with Crippen LogP contribution in [0.3, 0.4) is 0 Å². The minimum absolute atomic E-state index is 0.0701. The highest BCUT2D eigenvalue weighted by molar-refractivity contribution is 7.80. The van der Waals surface area contributed by atoms with Crippen LogP contribution in [0, 0.1) is 22.6 Å². The van der Waals surface area contributed by atoms with E-state index in [9.17, 15) is 18.4 Å². The number of nitrogen functional groups attached to an aromatic ring is 2. The maximum absolute atomic E-state index is 13.2. The number of pyridine rings is 1. The Morgan fingerprint density at radius 2 is 1.82 bits per heavy atom. The second-order valence-electron chi connectivity index (χ2n) is 6.89. The largest absolute Gasteiger partial charge is 0.484 e. The molecular formula is C23H23F3N6OS. The highest BCUT2D eigenvalue weighted by atomic mass is 32.1. The standard InChI is InChI=1S/C22H21FN6O.CH2F2S/c1-12(13-3-6-16(23)7-4-13)30-18-9-14(5-8-17(18)25)20(26)19-21(28-2)15(10-24)11-29-22(19)27;2-1(3)4/h3-9,11-12,26H,25H2,1-2H3,(H3,27,28,29);1,4H. The van der Waals surface area contributed by atoms with Crippen LogP contribution in [0.4, 0.5) is 30.4 Å². The summed E-state index contributed by atoms with van der Waals surface area (Å²) in [5, 5.41) is 20.9. The third-order valence-electron chi connectivity index (χ3n) is 4.67. The van der Waals surface area contributed by atoms with Crippen LogP contribution in [0.5, 0.6) is 5.75 Å². The number of nitriles is 1. The first-order chi connectivity index (χ1) is 16.1. The van der Waals surface area contributed by atoms with Crippen molar-refractivity contribution < 1.29 is 17.9 Å². The molecule has 0 aliphatic heterocycles. The number of halogens is 3. The van der Waals surface area contributed by atoms with E-state index < -0.39 is 5.76 Å². The zero-order valence-electron chi connectivity index (χ0n) is 18.3. The van der Waals surface area contributed by atoms with Crippen LogP contribution in [-0.2, 0) is 0 Å². The Hall–Kier alpha value is -3.91. The van der Waals surface area contributed by atoms with Gasteiger partial charge in [0, 0.05) is 18.8 Å². The Balaban J connectivity index is 0.000000945. The van der Waals surface area contributed by atoms with Crippen LogP contribution in [0.2, 0.25) is 0 Å². The average molecular weight is 489 g/mol. The molecule has 1 aromatic heterocycles. The van der Waals surface area contributed by atoms with Gasteiger partial charge in [-0.15, -0.1) is 12.6 Å². The molecule has 7 nitrogen and oxygen atoms in total. The number of rotatable bonds is 6. The fourth-order valence-electron chi connectivity index (χ4n) is 3.05. The molecule has 0 aliphatic rings. The van der Waals surface area contributed by atoms with Gasteiger partial charge in [-0.2, -0.15) is 14.0 Å². The lowest BCUT2D eigenvalue weighted by atomic mass is 9.99. The lowest BCUT2D eigenvalue weighted by molar-refractivity contribution is 0.228. The number of nitrogens with one attached hydrogen (secondary N) is 2. The van der Waals surface area contributed by atoms with Crippen LogP contribution < -0.4 is 21.5 Å². The Morgan fingerprint density at radius 3 is 2.38 bits per heavy atom. The molecule has 6 N–H and O–H groups in total. The average Bonchev–Trinajstić information content (AvgIpc) is 2.79. The van der Waals surface area contributed by atoms with Crippen LogP contribution in [-0.4, -0.2) is 23.5 Å². The van der Waals surface area contributed by atoms with Gasteiger partial charge in [0.1, 0.15) is 29.6 Å². The van der Waals surface area contributed by atoms with Crippen molar-refractivity contribution in [2.24, 2.45) is 0 Å². The smallest absolute Gasteiger partial charge is 0.281 e. The Bertz CT molecular complexity index is 1200. The normalized spacial score (nSPS) is 11.1. The van der Waals surface area contributed by atoms with E-state index in [-0.39, 0.29) is 29.0 Å². The van der Waals surface area contributed by atoms with E-state index in [1.807, 2.05) is 13.0 Å². The summed E-state index contributed by atoms with van der Waals surface area (Å²) in [5.41, 5.74) is 14.8. The number of benzene rings is 2. The lowest BCUT2D eigenvalue weighted by Gasteiger charge is -2.18. The first-order valence-corrected chi connectivity index (χ1v) is 10.3. The third-order valence-corrected chi connectivity index (χ3v) is 4.67. The molecule has 1 unspecified atom stereocenters. The van der Waals surface area contributed by atoms with Crippen molar-refractivity contribution in [3.63, 3.8) is 0 Å². The predicted octanol–water partition coefficient (Wildman–Crippen LogP) is 4.99. The van der Waals surface area contributed by atoms with Gasteiger partial charge < -0.3 is 21.5 Å². The van der Waals surface area contributed by atoms with Crippen molar-refractivity contribution in [1.82, 2.24) is 4.98 Å². The number of hydrogen-bond acceptors (Lipinski definition) is 8. The van der Waals surface area contributed by atoms with Gasteiger partial charge in [-0.3, -0.25) is 5.41 Å². The zero-order chi connectivity index (χ0) is 25.4. The van der Waals surface area contributed by atoms with Gasteiger partial charge in [-0.25, -0.2) is 9.37 Å². The Kier molecular flexibility index (Phi) is 9.15. The maximum atomic E-state index is 13.2. The number of ether oxygens (including phenoxy) is 1. The molecule has 0 saturated heterocycles. The van der Waals surface area contributed by atoms with Gasteiger partial charge in [0.15, 0.2) is 0 Å². The maximum Gasteiger partial charge on any atom is 0.281 e. The molecule has 0 fully saturated rings. The molecule has 3 aromatic rings. The van der Waals surface area contributed by atoms with Gasteiger partial charge in [0.25, 0.3) is 5.76 Å². The monoisotopic (exact) mass is 488 g/mol. The van der Waals surface area contributed by atoms with E-state index in [1.54, 1.807) is 37.4 Å². The minimum Gasteiger partial charge on any atom is -0.484 e. The van der Waals surface area contributed by atoms with E-state index in [2.05, 4.69) is 22.9 Å². The molecule has 178 valence electrons. The fraction of sp³-hybridized carbons (Fsp3) is 0.174. The van der Waals surface area contributed by atoms with Crippen molar-refractivity contribution in [3.05, 3.63) is 76.7 Å². The summed E-state index contributed by atoms with van der Waals surface area (Å²) in [6.07, 6.45) is 0.971. The summed E-state index contributed by atoms with van der Waals surface area (Å²) in [6.45, 7) is 1.82.